The van der Waals surface area contributed by atoms with Gasteiger partial charge in [-0.1, -0.05) is 72.9 Å². The van der Waals surface area contributed by atoms with Gasteiger partial charge in [-0.05, 0) is 54.4 Å². The largest absolute Gasteiger partial charge is 0.497 e. The van der Waals surface area contributed by atoms with E-state index in [1.165, 1.54) is 18.2 Å². The summed E-state index contributed by atoms with van der Waals surface area (Å²) in [5, 5.41) is 4.26. The fourth-order valence-electron chi connectivity index (χ4n) is 4.38. The number of esters is 1. The number of ether oxygens (including phenoxy) is 2. The fraction of sp³-hybridized carbons (Fsp3) is 0.226. The number of halogens is 2. The molecule has 0 bridgehead atoms. The minimum Gasteiger partial charge on any atom is -0.497 e. The number of methoxy groups -OCH3 is 1. The average molecular weight is 630 g/mol. The van der Waals surface area contributed by atoms with Crippen molar-refractivity contribution in [3.8, 4) is 5.75 Å². The average Bonchev–Trinajstić information content (AvgIpc) is 2.95. The van der Waals surface area contributed by atoms with Crippen LogP contribution in [0.2, 0.25) is 10.0 Å². The van der Waals surface area contributed by atoms with Gasteiger partial charge < -0.3 is 14.8 Å². The molecule has 0 aliphatic rings. The number of amides is 1. The maximum absolute atomic E-state index is 14.0. The molecule has 11 heteroatoms. The number of hydrogen-bond donors (Lipinski definition) is 1. The van der Waals surface area contributed by atoms with Crippen LogP contribution in [-0.4, -0.2) is 40.6 Å². The van der Waals surface area contributed by atoms with Crippen molar-refractivity contribution in [2.24, 2.45) is 0 Å². The third-order valence-corrected chi connectivity index (χ3v) is 8.57. The molecule has 0 radical (unpaired) electrons. The van der Waals surface area contributed by atoms with Crippen LogP contribution in [0.25, 0.3) is 10.8 Å². The summed E-state index contributed by atoms with van der Waals surface area (Å²) in [6.07, 6.45) is 1.56. The quantitative estimate of drug-likeness (QED) is 0.136. The Morgan fingerprint density at radius 1 is 0.905 bits per heavy atom. The zero-order chi connectivity index (χ0) is 30.3. The minimum absolute atomic E-state index is 0.104. The van der Waals surface area contributed by atoms with E-state index in [1.807, 2.05) is 13.0 Å². The number of carbonyl (C=O) groups is 2. The van der Waals surface area contributed by atoms with Crippen LogP contribution < -0.4 is 14.4 Å². The number of nitrogens with one attached hydrogen (secondary N) is 1. The summed E-state index contributed by atoms with van der Waals surface area (Å²) in [5.74, 6) is -0.329. The number of hydrogen-bond acceptors (Lipinski definition) is 6. The predicted molar refractivity (Wildman–Crippen MR) is 166 cm³/mol. The standard InChI is InChI=1S/C31H30Cl2N2O6S/c1-3-4-14-41-31(37)20-35(42(38,39)25-18-22(32)17-23(33)19-25)29-13-7-10-26-27(29)11-6-12-28(26)34-30(36)16-21-8-5-9-24(15-21)40-2/h5-13,15,17-19H,3-4,14,16,20H2,1-2H3,(H,34,36). The molecule has 4 aromatic rings. The monoisotopic (exact) mass is 628 g/mol. The van der Waals surface area contributed by atoms with Gasteiger partial charge in [-0.3, -0.25) is 13.9 Å². The highest BCUT2D eigenvalue weighted by Crippen LogP contribution is 2.35. The summed E-state index contributed by atoms with van der Waals surface area (Å²) in [6, 6.07) is 21.3. The first-order valence-corrected chi connectivity index (χ1v) is 15.4. The first-order chi connectivity index (χ1) is 20.1. The highest BCUT2D eigenvalue weighted by atomic mass is 35.5. The number of benzene rings is 4. The summed E-state index contributed by atoms with van der Waals surface area (Å²) in [4.78, 5) is 25.6. The summed E-state index contributed by atoms with van der Waals surface area (Å²) in [6.45, 7) is 1.55. The fourth-order valence-corrected chi connectivity index (χ4v) is 6.53. The molecule has 0 spiro atoms. The normalized spacial score (nSPS) is 11.2. The number of unbranched alkanes of at least 4 members (excludes halogenated alkanes) is 1. The number of anilines is 2. The van der Waals surface area contributed by atoms with E-state index in [0.29, 0.717) is 28.6 Å². The van der Waals surface area contributed by atoms with E-state index in [1.54, 1.807) is 61.7 Å². The molecular weight excluding hydrogens is 599 g/mol. The lowest BCUT2D eigenvalue weighted by Gasteiger charge is -2.25. The van der Waals surface area contributed by atoms with Crippen molar-refractivity contribution in [1.29, 1.82) is 0 Å². The Labute approximate surface area is 255 Å². The Bertz CT molecular complexity index is 1690. The van der Waals surface area contributed by atoms with E-state index < -0.39 is 22.5 Å². The molecule has 0 fully saturated rings. The Kier molecular flexibility index (Phi) is 10.3. The van der Waals surface area contributed by atoms with Gasteiger partial charge in [0.2, 0.25) is 5.91 Å². The van der Waals surface area contributed by atoms with E-state index in [2.05, 4.69) is 5.32 Å². The molecular formula is C31H30Cl2N2O6S. The SMILES string of the molecule is CCCCOC(=O)CN(c1cccc2c(NC(=O)Cc3cccc(OC)c3)cccc12)S(=O)(=O)c1cc(Cl)cc(Cl)c1. The Morgan fingerprint density at radius 3 is 2.31 bits per heavy atom. The molecule has 0 saturated carbocycles. The summed E-state index contributed by atoms with van der Waals surface area (Å²) in [7, 11) is -2.78. The lowest BCUT2D eigenvalue weighted by Crippen LogP contribution is -2.37. The van der Waals surface area contributed by atoms with Gasteiger partial charge in [0, 0.05) is 26.5 Å². The van der Waals surface area contributed by atoms with Crippen LogP contribution in [-0.2, 0) is 30.8 Å². The predicted octanol–water partition coefficient (Wildman–Crippen LogP) is 6.88. The van der Waals surface area contributed by atoms with Crippen LogP contribution in [0.3, 0.4) is 0 Å². The number of sulfonamides is 1. The van der Waals surface area contributed by atoms with Crippen LogP contribution in [0.15, 0.2) is 83.8 Å². The Balaban J connectivity index is 1.73. The zero-order valence-corrected chi connectivity index (χ0v) is 25.4. The second-order valence-electron chi connectivity index (χ2n) is 9.45. The molecule has 1 N–H and O–H groups in total. The lowest BCUT2D eigenvalue weighted by atomic mass is 10.1. The number of nitrogens with zero attached hydrogens (tertiary/aromatic N) is 1. The van der Waals surface area contributed by atoms with Crippen LogP contribution in [0, 0.1) is 0 Å². The maximum atomic E-state index is 14.0. The number of fused-ring (bicyclic) bond motifs is 1. The van der Waals surface area contributed by atoms with E-state index >= 15 is 0 Å². The summed E-state index contributed by atoms with van der Waals surface area (Å²) < 4.78 is 39.5. The summed E-state index contributed by atoms with van der Waals surface area (Å²) >= 11 is 12.3. The van der Waals surface area contributed by atoms with Gasteiger partial charge in [0.25, 0.3) is 10.0 Å². The van der Waals surface area contributed by atoms with Crippen molar-refractivity contribution >= 4 is 67.2 Å². The highest BCUT2D eigenvalue weighted by molar-refractivity contribution is 7.93. The number of rotatable bonds is 12. The van der Waals surface area contributed by atoms with E-state index in [0.717, 1.165) is 16.3 Å². The summed E-state index contributed by atoms with van der Waals surface area (Å²) in [5.41, 5.74) is 1.47. The van der Waals surface area contributed by atoms with Crippen molar-refractivity contribution in [2.75, 3.05) is 29.9 Å². The van der Waals surface area contributed by atoms with Crippen molar-refractivity contribution in [1.82, 2.24) is 0 Å². The zero-order valence-electron chi connectivity index (χ0n) is 23.1. The lowest BCUT2D eigenvalue weighted by molar-refractivity contribution is -0.141. The molecule has 0 aliphatic heterocycles. The second kappa shape index (κ2) is 13.9. The van der Waals surface area contributed by atoms with E-state index in [4.69, 9.17) is 32.7 Å². The molecule has 0 atom stereocenters. The maximum Gasteiger partial charge on any atom is 0.326 e. The van der Waals surface area contributed by atoms with Crippen LogP contribution in [0.5, 0.6) is 5.75 Å². The van der Waals surface area contributed by atoms with Crippen molar-refractivity contribution < 1.29 is 27.5 Å². The van der Waals surface area contributed by atoms with Crippen molar-refractivity contribution in [2.45, 2.75) is 31.1 Å². The molecule has 4 aromatic carbocycles. The van der Waals surface area contributed by atoms with E-state index in [-0.39, 0.29) is 39.6 Å². The smallest absolute Gasteiger partial charge is 0.326 e. The van der Waals surface area contributed by atoms with Gasteiger partial charge in [0.15, 0.2) is 0 Å². The first-order valence-electron chi connectivity index (χ1n) is 13.2. The topological polar surface area (TPSA) is 102 Å². The van der Waals surface area contributed by atoms with Crippen molar-refractivity contribution in [3.63, 3.8) is 0 Å². The highest BCUT2D eigenvalue weighted by Gasteiger charge is 2.30. The Hall–Kier alpha value is -3.79. The van der Waals surface area contributed by atoms with Gasteiger partial charge in [0.1, 0.15) is 12.3 Å². The minimum atomic E-state index is -4.34. The first kappa shape index (κ1) is 31.2. The molecule has 0 aromatic heterocycles. The van der Waals surface area contributed by atoms with Gasteiger partial charge >= 0.3 is 5.97 Å². The molecule has 42 heavy (non-hydrogen) atoms. The van der Waals surface area contributed by atoms with E-state index in [9.17, 15) is 18.0 Å². The van der Waals surface area contributed by atoms with Gasteiger partial charge in [-0.25, -0.2) is 8.42 Å². The molecule has 4 rings (SSSR count). The van der Waals surface area contributed by atoms with Gasteiger partial charge in [0.05, 0.1) is 30.7 Å². The third-order valence-electron chi connectivity index (χ3n) is 6.40. The second-order valence-corrected chi connectivity index (χ2v) is 12.2. The Morgan fingerprint density at radius 2 is 1.60 bits per heavy atom. The van der Waals surface area contributed by atoms with Gasteiger partial charge in [-0.2, -0.15) is 0 Å². The van der Waals surface area contributed by atoms with Crippen LogP contribution in [0.4, 0.5) is 11.4 Å². The molecule has 220 valence electrons. The van der Waals surface area contributed by atoms with Gasteiger partial charge in [-0.15, -0.1) is 0 Å². The van der Waals surface area contributed by atoms with Crippen LogP contribution in [0.1, 0.15) is 25.3 Å². The molecule has 1 amide bonds. The third kappa shape index (κ3) is 7.53. The molecule has 0 saturated heterocycles. The van der Waals surface area contributed by atoms with Crippen LogP contribution >= 0.6 is 23.2 Å². The molecule has 8 nitrogen and oxygen atoms in total. The molecule has 0 unspecified atom stereocenters. The van der Waals surface area contributed by atoms with Crippen molar-refractivity contribution in [3.05, 3.63) is 94.5 Å². The molecule has 0 aliphatic carbocycles. The number of carbonyl (C=O) groups excluding carboxylic acids is 2. The molecule has 0 heterocycles.